The molecule has 0 aliphatic carbocycles. The third-order valence-electron chi connectivity index (χ3n) is 2.54. The minimum atomic E-state index is 0.682. The van der Waals surface area contributed by atoms with E-state index < -0.39 is 0 Å². The average Bonchev–Trinajstić information content (AvgIpc) is 2.42. The molecule has 1 aromatic carbocycles. The van der Waals surface area contributed by atoms with Crippen LogP contribution in [0.3, 0.4) is 0 Å². The summed E-state index contributed by atoms with van der Waals surface area (Å²) >= 11 is 3.50. The Hall–Kier alpha value is -2.01. The maximum Gasteiger partial charge on any atom is 0.164 e. The first-order valence-corrected chi connectivity index (χ1v) is 6.21. The molecule has 0 saturated carbocycles. The van der Waals surface area contributed by atoms with Gasteiger partial charge in [-0.2, -0.15) is 0 Å². The number of hydrogen-bond donors (Lipinski definition) is 1. The van der Waals surface area contributed by atoms with Gasteiger partial charge in [-0.3, -0.25) is 0 Å². The Morgan fingerprint density at radius 2 is 1.83 bits per heavy atom. The smallest absolute Gasteiger partial charge is 0.164 e. The highest BCUT2D eigenvalue weighted by molar-refractivity contribution is 9.10. The van der Waals surface area contributed by atoms with E-state index in [0.29, 0.717) is 5.65 Å². The van der Waals surface area contributed by atoms with Crippen LogP contribution in [0.15, 0.2) is 53.4 Å². The highest BCUT2D eigenvalue weighted by Crippen LogP contribution is 2.27. The molecule has 0 spiro atoms. The van der Waals surface area contributed by atoms with E-state index in [4.69, 9.17) is 0 Å². The van der Waals surface area contributed by atoms with Crippen molar-refractivity contribution < 1.29 is 0 Å². The van der Waals surface area contributed by atoms with Gasteiger partial charge in [0.1, 0.15) is 12.1 Å². The fourth-order valence-corrected chi connectivity index (χ4v) is 2.07. The van der Waals surface area contributed by atoms with Gasteiger partial charge in [-0.1, -0.05) is 12.1 Å². The first-order chi connectivity index (χ1) is 8.84. The van der Waals surface area contributed by atoms with E-state index in [1.54, 1.807) is 6.20 Å². The molecule has 0 aliphatic heterocycles. The minimum absolute atomic E-state index is 0.682. The molecule has 0 aliphatic rings. The Balaban J connectivity index is 2.08. The topological polar surface area (TPSA) is 50.7 Å². The maximum atomic E-state index is 4.26. The molecule has 88 valence electrons. The van der Waals surface area contributed by atoms with Crippen LogP contribution in [0.4, 0.5) is 11.5 Å². The number of halogens is 1. The van der Waals surface area contributed by atoms with Crippen molar-refractivity contribution in [2.75, 3.05) is 5.32 Å². The van der Waals surface area contributed by atoms with Gasteiger partial charge in [0, 0.05) is 10.7 Å². The summed E-state index contributed by atoms with van der Waals surface area (Å²) in [6, 6.07) is 11.7. The Morgan fingerprint density at radius 1 is 0.944 bits per heavy atom. The van der Waals surface area contributed by atoms with E-state index in [1.807, 2.05) is 36.4 Å². The zero-order chi connectivity index (χ0) is 12.4. The molecule has 0 unspecified atom stereocenters. The van der Waals surface area contributed by atoms with Gasteiger partial charge in [0.05, 0.1) is 11.1 Å². The lowest BCUT2D eigenvalue weighted by molar-refractivity contribution is 1.18. The van der Waals surface area contributed by atoms with Gasteiger partial charge in [-0.05, 0) is 40.2 Å². The molecular formula is C13H9BrN4. The van der Waals surface area contributed by atoms with Crippen molar-refractivity contribution in [3.05, 3.63) is 53.4 Å². The van der Waals surface area contributed by atoms with Gasteiger partial charge in [-0.15, -0.1) is 0 Å². The van der Waals surface area contributed by atoms with Crippen LogP contribution in [-0.4, -0.2) is 15.0 Å². The monoisotopic (exact) mass is 300 g/mol. The zero-order valence-corrected chi connectivity index (χ0v) is 10.9. The van der Waals surface area contributed by atoms with Crippen molar-refractivity contribution in [2.24, 2.45) is 0 Å². The van der Waals surface area contributed by atoms with Gasteiger partial charge < -0.3 is 5.32 Å². The lowest BCUT2D eigenvalue weighted by Gasteiger charge is -2.09. The summed E-state index contributed by atoms with van der Waals surface area (Å²) in [6.45, 7) is 0. The van der Waals surface area contributed by atoms with E-state index in [1.165, 1.54) is 6.33 Å². The Morgan fingerprint density at radius 3 is 2.72 bits per heavy atom. The molecule has 3 aromatic rings. The van der Waals surface area contributed by atoms with Crippen LogP contribution in [-0.2, 0) is 0 Å². The van der Waals surface area contributed by atoms with E-state index in [2.05, 4.69) is 36.2 Å². The van der Waals surface area contributed by atoms with E-state index in [-0.39, 0.29) is 0 Å². The number of fused-ring (bicyclic) bond motifs is 1. The van der Waals surface area contributed by atoms with Gasteiger partial charge in [0.25, 0.3) is 0 Å². The van der Waals surface area contributed by atoms with Crippen molar-refractivity contribution in [1.29, 1.82) is 0 Å². The maximum absolute atomic E-state index is 4.26. The van der Waals surface area contributed by atoms with Crippen molar-refractivity contribution in [3.8, 4) is 0 Å². The molecule has 18 heavy (non-hydrogen) atoms. The Labute approximate surface area is 112 Å². The number of para-hydroxylation sites is 1. The van der Waals surface area contributed by atoms with Crippen molar-refractivity contribution in [2.45, 2.75) is 0 Å². The molecule has 0 fully saturated rings. The molecule has 2 heterocycles. The normalized spacial score (nSPS) is 10.5. The molecule has 0 amide bonds. The molecule has 2 aromatic heterocycles. The van der Waals surface area contributed by atoms with Crippen molar-refractivity contribution >= 4 is 38.5 Å². The number of rotatable bonds is 2. The summed E-state index contributed by atoms with van der Waals surface area (Å²) in [5.74, 6) is 0.750. The van der Waals surface area contributed by atoms with Gasteiger partial charge in [0.2, 0.25) is 0 Å². The molecule has 0 bridgehead atoms. The third-order valence-corrected chi connectivity index (χ3v) is 3.23. The summed E-state index contributed by atoms with van der Waals surface area (Å²) in [6.07, 6.45) is 3.23. The number of pyridine rings is 1. The second-order valence-corrected chi connectivity index (χ2v) is 4.56. The number of benzene rings is 1. The van der Waals surface area contributed by atoms with Crippen LogP contribution in [0.5, 0.6) is 0 Å². The molecule has 0 saturated heterocycles. The first-order valence-electron chi connectivity index (χ1n) is 5.42. The van der Waals surface area contributed by atoms with Gasteiger partial charge in [-0.25, -0.2) is 15.0 Å². The average molecular weight is 301 g/mol. The number of hydrogen-bond acceptors (Lipinski definition) is 4. The second kappa shape index (κ2) is 4.70. The summed E-state index contributed by atoms with van der Waals surface area (Å²) in [7, 11) is 0. The van der Waals surface area contributed by atoms with Crippen LogP contribution in [0.25, 0.3) is 11.0 Å². The molecule has 3 rings (SSSR count). The number of nitrogens with one attached hydrogen (secondary N) is 1. The number of nitrogens with zero attached hydrogens (tertiary/aromatic N) is 3. The van der Waals surface area contributed by atoms with Crippen LogP contribution >= 0.6 is 15.9 Å². The van der Waals surface area contributed by atoms with Crippen molar-refractivity contribution in [3.63, 3.8) is 0 Å². The predicted molar refractivity (Wildman–Crippen MR) is 74.8 cm³/mol. The minimum Gasteiger partial charge on any atom is -0.339 e. The van der Waals surface area contributed by atoms with Gasteiger partial charge >= 0.3 is 0 Å². The van der Waals surface area contributed by atoms with Crippen LogP contribution < -0.4 is 5.32 Å². The van der Waals surface area contributed by atoms with Crippen LogP contribution in [0.1, 0.15) is 0 Å². The van der Waals surface area contributed by atoms with E-state index in [0.717, 1.165) is 21.4 Å². The largest absolute Gasteiger partial charge is 0.339 e. The lowest BCUT2D eigenvalue weighted by atomic mass is 10.3. The summed E-state index contributed by atoms with van der Waals surface area (Å²) in [5.41, 5.74) is 1.64. The molecule has 0 radical (unpaired) electrons. The molecule has 0 atom stereocenters. The molecule has 5 heteroatoms. The van der Waals surface area contributed by atoms with E-state index in [9.17, 15) is 0 Å². The van der Waals surface area contributed by atoms with Crippen LogP contribution in [0.2, 0.25) is 0 Å². The van der Waals surface area contributed by atoms with Crippen molar-refractivity contribution in [1.82, 2.24) is 15.0 Å². The fourth-order valence-electron chi connectivity index (χ4n) is 1.69. The van der Waals surface area contributed by atoms with Gasteiger partial charge in [0.15, 0.2) is 5.65 Å². The summed E-state index contributed by atoms with van der Waals surface area (Å²) in [5, 5.41) is 4.18. The third kappa shape index (κ3) is 2.04. The highest BCUT2D eigenvalue weighted by atomic mass is 79.9. The standard InChI is InChI=1S/C13H9BrN4/c14-10-5-1-2-6-11(10)18-13-9-4-3-7-15-12(9)16-8-17-13/h1-8H,(H,15,16,17,18). The van der Waals surface area contributed by atoms with Crippen LogP contribution in [0, 0.1) is 0 Å². The first kappa shape index (κ1) is 11.1. The quantitative estimate of drug-likeness (QED) is 0.786. The second-order valence-electron chi connectivity index (χ2n) is 3.70. The zero-order valence-electron chi connectivity index (χ0n) is 9.34. The Bertz CT molecular complexity index is 694. The number of aromatic nitrogens is 3. The molecule has 4 nitrogen and oxygen atoms in total. The lowest BCUT2D eigenvalue weighted by Crippen LogP contribution is -1.97. The summed E-state index contributed by atoms with van der Waals surface area (Å²) < 4.78 is 0.987. The Kier molecular flexibility index (Phi) is 2.90. The number of anilines is 2. The molecular weight excluding hydrogens is 292 g/mol. The fraction of sp³-hybridized carbons (Fsp3) is 0. The predicted octanol–water partition coefficient (Wildman–Crippen LogP) is 3.53. The highest BCUT2D eigenvalue weighted by Gasteiger charge is 2.05. The molecule has 1 N–H and O–H groups in total. The van der Waals surface area contributed by atoms with E-state index >= 15 is 0 Å². The SMILES string of the molecule is Brc1ccccc1Nc1ncnc2ncccc12. The summed E-state index contributed by atoms with van der Waals surface area (Å²) in [4.78, 5) is 12.6.